The zero-order valence-corrected chi connectivity index (χ0v) is 12.7. The van der Waals surface area contributed by atoms with Gasteiger partial charge in [-0.2, -0.15) is 0 Å². The minimum absolute atomic E-state index is 0.151. The largest absolute Gasteiger partial charge is 0.329 e. The Morgan fingerprint density at radius 2 is 1.80 bits per heavy atom. The summed E-state index contributed by atoms with van der Waals surface area (Å²) in [6.07, 6.45) is 1.78. The summed E-state index contributed by atoms with van der Waals surface area (Å²) in [5.74, 6) is 0. The van der Waals surface area contributed by atoms with Crippen LogP contribution < -0.4 is 0 Å². The van der Waals surface area contributed by atoms with E-state index in [1.165, 1.54) is 5.56 Å². The zero-order valence-electron chi connectivity index (χ0n) is 11.8. The Labute approximate surface area is 123 Å². The fraction of sp³-hybridized carbons (Fsp3) is 0.250. The lowest BCUT2D eigenvalue weighted by Crippen LogP contribution is -2.10. The van der Waals surface area contributed by atoms with Gasteiger partial charge in [-0.1, -0.05) is 32.9 Å². The molecule has 3 aromatic rings. The van der Waals surface area contributed by atoms with E-state index >= 15 is 0 Å². The maximum atomic E-state index is 5.41. The van der Waals surface area contributed by atoms with Crippen LogP contribution in [0.3, 0.4) is 0 Å². The highest BCUT2D eigenvalue weighted by Crippen LogP contribution is 2.24. The van der Waals surface area contributed by atoms with Crippen LogP contribution in [-0.4, -0.2) is 14.5 Å². The average Bonchev–Trinajstić information content (AvgIpc) is 2.73. The fourth-order valence-corrected chi connectivity index (χ4v) is 2.59. The van der Waals surface area contributed by atoms with Crippen LogP contribution in [0.15, 0.2) is 42.6 Å². The molecule has 0 radical (unpaired) electrons. The van der Waals surface area contributed by atoms with Gasteiger partial charge in [0.25, 0.3) is 0 Å². The number of nitrogens with zero attached hydrogens (tertiary/aromatic N) is 2. The van der Waals surface area contributed by atoms with E-state index in [1.54, 1.807) is 6.20 Å². The number of hydrogen-bond acceptors (Lipinski definition) is 2. The van der Waals surface area contributed by atoms with Crippen LogP contribution in [0.2, 0.25) is 0 Å². The molecule has 0 atom stereocenters. The van der Waals surface area contributed by atoms with Crippen molar-refractivity contribution < 1.29 is 0 Å². The third-order valence-electron chi connectivity index (χ3n) is 3.43. The van der Waals surface area contributed by atoms with Crippen LogP contribution in [0.4, 0.5) is 0 Å². The maximum Gasteiger partial charge on any atom is 0.183 e. The van der Waals surface area contributed by atoms with Gasteiger partial charge in [0.2, 0.25) is 0 Å². The van der Waals surface area contributed by atoms with Crippen molar-refractivity contribution in [3.63, 3.8) is 0 Å². The number of imidazole rings is 1. The summed E-state index contributed by atoms with van der Waals surface area (Å²) in [6.45, 7) is 6.63. The van der Waals surface area contributed by atoms with Crippen LogP contribution >= 0.6 is 12.2 Å². The monoisotopic (exact) mass is 283 g/mol. The van der Waals surface area contributed by atoms with Gasteiger partial charge in [-0.25, -0.2) is 4.98 Å². The molecule has 2 aromatic heterocycles. The number of hydrogen-bond donors (Lipinski definition) is 1. The molecule has 0 aliphatic rings. The summed E-state index contributed by atoms with van der Waals surface area (Å²) < 4.78 is 2.64. The Balaban J connectivity index is 2.17. The van der Waals surface area contributed by atoms with Crippen molar-refractivity contribution >= 4 is 23.4 Å². The molecule has 0 unspecified atom stereocenters. The number of pyridine rings is 1. The van der Waals surface area contributed by atoms with Gasteiger partial charge in [-0.15, -0.1) is 0 Å². The minimum atomic E-state index is 0.151. The van der Waals surface area contributed by atoms with Crippen molar-refractivity contribution in [2.24, 2.45) is 0 Å². The van der Waals surface area contributed by atoms with E-state index in [2.05, 4.69) is 55.0 Å². The van der Waals surface area contributed by atoms with Crippen molar-refractivity contribution in [2.45, 2.75) is 26.2 Å². The molecule has 20 heavy (non-hydrogen) atoms. The Bertz CT molecular complexity index is 804. The van der Waals surface area contributed by atoms with Crippen LogP contribution in [0.5, 0.6) is 0 Å². The summed E-state index contributed by atoms with van der Waals surface area (Å²) in [5, 5.41) is 0. The van der Waals surface area contributed by atoms with Gasteiger partial charge < -0.3 is 4.98 Å². The second kappa shape index (κ2) is 4.56. The molecule has 0 amide bonds. The minimum Gasteiger partial charge on any atom is -0.329 e. The third kappa shape index (κ3) is 2.16. The molecule has 0 aliphatic heterocycles. The summed E-state index contributed by atoms with van der Waals surface area (Å²) in [5.41, 5.74) is 4.31. The average molecular weight is 283 g/mol. The van der Waals surface area contributed by atoms with E-state index in [-0.39, 0.29) is 5.41 Å². The first-order valence-corrected chi connectivity index (χ1v) is 7.04. The molecule has 4 heteroatoms. The first-order valence-electron chi connectivity index (χ1n) is 6.63. The van der Waals surface area contributed by atoms with Crippen LogP contribution in [-0.2, 0) is 5.41 Å². The molecule has 0 saturated carbocycles. The molecule has 0 fully saturated rings. The van der Waals surface area contributed by atoms with Crippen molar-refractivity contribution in [1.29, 1.82) is 0 Å². The molecule has 1 N–H and O–H groups in total. The standard InChI is InChI=1S/C16H17N3S/c1-16(2,3)11-6-8-12(9-7-11)19-14-13(18-15(19)20)5-4-10-17-14/h4-10H,1-3H3,(H,18,20). The maximum absolute atomic E-state index is 5.41. The number of rotatable bonds is 1. The summed E-state index contributed by atoms with van der Waals surface area (Å²) in [4.78, 5) is 7.60. The molecule has 3 rings (SSSR count). The van der Waals surface area contributed by atoms with Gasteiger partial charge in [0, 0.05) is 11.9 Å². The molecule has 0 bridgehead atoms. The summed E-state index contributed by atoms with van der Waals surface area (Å²) in [6, 6.07) is 12.4. The van der Waals surface area contributed by atoms with Crippen molar-refractivity contribution in [3.05, 3.63) is 52.9 Å². The van der Waals surface area contributed by atoms with E-state index < -0.39 is 0 Å². The van der Waals surface area contributed by atoms with Gasteiger partial charge in [-0.05, 0) is 47.5 Å². The number of H-pyrrole nitrogens is 1. The first-order chi connectivity index (χ1) is 9.47. The normalized spacial score (nSPS) is 11.9. The summed E-state index contributed by atoms with van der Waals surface area (Å²) >= 11 is 5.41. The van der Waals surface area contributed by atoms with Crippen LogP contribution in [0.25, 0.3) is 16.9 Å². The molecule has 102 valence electrons. The van der Waals surface area contributed by atoms with Crippen molar-refractivity contribution in [3.8, 4) is 5.69 Å². The lowest BCUT2D eigenvalue weighted by Gasteiger charge is -2.19. The Morgan fingerprint density at radius 3 is 2.45 bits per heavy atom. The highest BCUT2D eigenvalue weighted by Gasteiger charge is 2.14. The number of aromatic nitrogens is 3. The lowest BCUT2D eigenvalue weighted by atomic mass is 9.87. The number of benzene rings is 1. The second-order valence-corrected chi connectivity index (χ2v) is 6.32. The highest BCUT2D eigenvalue weighted by molar-refractivity contribution is 7.71. The van der Waals surface area contributed by atoms with Crippen LogP contribution in [0, 0.1) is 4.77 Å². The van der Waals surface area contributed by atoms with Crippen molar-refractivity contribution in [1.82, 2.24) is 14.5 Å². The first kappa shape index (κ1) is 13.1. The quantitative estimate of drug-likeness (QED) is 0.672. The second-order valence-electron chi connectivity index (χ2n) is 5.94. The van der Waals surface area contributed by atoms with Gasteiger partial charge in [0.1, 0.15) is 0 Å². The number of nitrogens with one attached hydrogen (secondary N) is 1. The molecular formula is C16H17N3S. The Kier molecular flexibility index (Phi) is 2.98. The van der Waals surface area contributed by atoms with Gasteiger partial charge in [-0.3, -0.25) is 4.57 Å². The summed E-state index contributed by atoms with van der Waals surface area (Å²) in [7, 11) is 0. The van der Waals surface area contributed by atoms with E-state index in [0.29, 0.717) is 4.77 Å². The topological polar surface area (TPSA) is 33.6 Å². The Morgan fingerprint density at radius 1 is 1.10 bits per heavy atom. The van der Waals surface area contributed by atoms with E-state index in [9.17, 15) is 0 Å². The molecule has 0 aliphatic carbocycles. The van der Waals surface area contributed by atoms with Crippen molar-refractivity contribution in [2.75, 3.05) is 0 Å². The Hall–Kier alpha value is -1.94. The SMILES string of the molecule is CC(C)(C)c1ccc(-n2c(=S)[nH]c3cccnc32)cc1. The van der Waals surface area contributed by atoms with Gasteiger partial charge in [0.05, 0.1) is 5.52 Å². The molecule has 3 nitrogen and oxygen atoms in total. The van der Waals surface area contributed by atoms with Crippen LogP contribution in [0.1, 0.15) is 26.3 Å². The van der Waals surface area contributed by atoms with E-state index in [0.717, 1.165) is 16.9 Å². The molecule has 1 aromatic carbocycles. The number of aromatic amines is 1. The molecule has 2 heterocycles. The third-order valence-corrected chi connectivity index (χ3v) is 3.72. The predicted octanol–water partition coefficient (Wildman–Crippen LogP) is 4.38. The predicted molar refractivity (Wildman–Crippen MR) is 85.0 cm³/mol. The highest BCUT2D eigenvalue weighted by atomic mass is 32.1. The van der Waals surface area contributed by atoms with Gasteiger partial charge in [0.15, 0.2) is 10.4 Å². The zero-order chi connectivity index (χ0) is 14.3. The smallest absolute Gasteiger partial charge is 0.183 e. The lowest BCUT2D eigenvalue weighted by molar-refractivity contribution is 0.590. The van der Waals surface area contributed by atoms with E-state index in [1.807, 2.05) is 16.7 Å². The number of fused-ring (bicyclic) bond motifs is 1. The molecule has 0 spiro atoms. The molecular weight excluding hydrogens is 266 g/mol. The van der Waals surface area contributed by atoms with E-state index in [4.69, 9.17) is 12.2 Å². The molecule has 0 saturated heterocycles. The van der Waals surface area contributed by atoms with Gasteiger partial charge >= 0.3 is 0 Å². The fourth-order valence-electron chi connectivity index (χ4n) is 2.29.